The molecule has 0 saturated heterocycles. The molecule has 0 amide bonds. The molecule has 0 bridgehead atoms. The lowest BCUT2D eigenvalue weighted by Gasteiger charge is -2.03. The van der Waals surface area contributed by atoms with Crippen LogP contribution in [0.1, 0.15) is 25.7 Å². The van der Waals surface area contributed by atoms with E-state index < -0.39 is 23.9 Å². The van der Waals surface area contributed by atoms with Gasteiger partial charge in [-0.3, -0.25) is 19.2 Å². The van der Waals surface area contributed by atoms with Gasteiger partial charge in [0.2, 0.25) is 0 Å². The lowest BCUT2D eigenvalue weighted by Crippen LogP contribution is -2.16. The van der Waals surface area contributed by atoms with Gasteiger partial charge in [-0.1, -0.05) is 11.8 Å². The topological polar surface area (TPSA) is 96.0 Å². The minimum atomic E-state index is -0.894. The summed E-state index contributed by atoms with van der Waals surface area (Å²) in [4.78, 5) is 44.5. The highest BCUT2D eigenvalue weighted by Gasteiger charge is 2.15. The van der Waals surface area contributed by atoms with Crippen molar-refractivity contribution in [3.8, 4) is 24.7 Å². The number of carbonyl (C=O) groups excluding carboxylic acids is 4. The molecule has 7 nitrogen and oxygen atoms in total. The van der Waals surface area contributed by atoms with E-state index in [1.54, 1.807) is 0 Å². The smallest absolute Gasteiger partial charge is 0.314 e. The molecule has 0 N–H and O–H groups in total. The van der Waals surface area contributed by atoms with Crippen molar-refractivity contribution >= 4 is 23.9 Å². The van der Waals surface area contributed by atoms with Crippen LogP contribution in [0, 0.1) is 24.7 Å². The van der Waals surface area contributed by atoms with E-state index in [-0.39, 0.29) is 38.9 Å². The first-order valence-electron chi connectivity index (χ1n) is 5.91. The third kappa shape index (κ3) is 10.8. The minimum absolute atomic E-state index is 0.188. The molecule has 0 aliphatic carbocycles. The zero-order chi connectivity index (χ0) is 16.1. The Morgan fingerprint density at radius 2 is 1.00 bits per heavy atom. The number of hydrogen-bond donors (Lipinski definition) is 0. The van der Waals surface area contributed by atoms with Gasteiger partial charge in [0.25, 0.3) is 0 Å². The Bertz CT molecular complexity index is 435. The van der Waals surface area contributed by atoms with Gasteiger partial charge in [-0.05, 0) is 0 Å². The summed E-state index contributed by atoms with van der Waals surface area (Å²) < 4.78 is 13.4. The van der Waals surface area contributed by atoms with Crippen molar-refractivity contribution in [2.45, 2.75) is 25.7 Å². The highest BCUT2D eigenvalue weighted by molar-refractivity contribution is 5.88. The Hall–Kier alpha value is -2.80. The van der Waals surface area contributed by atoms with E-state index in [0.717, 1.165) is 0 Å². The predicted molar refractivity (Wildman–Crippen MR) is 69.2 cm³/mol. The van der Waals surface area contributed by atoms with Gasteiger partial charge in [-0.15, -0.1) is 12.8 Å². The summed E-state index contributed by atoms with van der Waals surface area (Å²) in [6.45, 7) is -0.376. The molecule has 21 heavy (non-hydrogen) atoms. The summed E-state index contributed by atoms with van der Waals surface area (Å²) in [6, 6.07) is 0. The predicted octanol–water partition coefficient (Wildman–Crippen LogP) is -0.0306. The molecule has 0 aliphatic rings. The van der Waals surface area contributed by atoms with Crippen molar-refractivity contribution in [1.82, 2.24) is 0 Å². The Kier molecular flexibility index (Phi) is 9.59. The second-order valence-electron chi connectivity index (χ2n) is 3.58. The van der Waals surface area contributed by atoms with E-state index in [1.165, 1.54) is 0 Å². The average Bonchev–Trinajstić information content (AvgIpc) is 2.46. The molecular weight excluding hydrogens is 280 g/mol. The fourth-order valence-corrected chi connectivity index (χ4v) is 1.03. The average molecular weight is 294 g/mol. The van der Waals surface area contributed by atoms with Crippen molar-refractivity contribution < 1.29 is 33.4 Å². The van der Waals surface area contributed by atoms with Crippen LogP contribution in [-0.2, 0) is 33.4 Å². The van der Waals surface area contributed by atoms with Crippen LogP contribution in [0.4, 0.5) is 0 Å². The van der Waals surface area contributed by atoms with Crippen LogP contribution in [0.15, 0.2) is 0 Å². The van der Waals surface area contributed by atoms with Crippen LogP contribution >= 0.6 is 0 Å². The standard InChI is InChI=1S/C14H14O7/c1-3-9-19-11(15)5-7-13(17)21-14(18)8-6-12(16)20-10-4-2/h1-2H,5-10H2. The molecule has 0 spiro atoms. The number of esters is 4. The summed E-state index contributed by atoms with van der Waals surface area (Å²) in [6.07, 6.45) is 8.60. The lowest BCUT2D eigenvalue weighted by molar-refractivity contribution is -0.162. The van der Waals surface area contributed by atoms with Crippen LogP contribution in [0.5, 0.6) is 0 Å². The van der Waals surface area contributed by atoms with Crippen molar-refractivity contribution in [1.29, 1.82) is 0 Å². The highest BCUT2D eigenvalue weighted by Crippen LogP contribution is 2.00. The van der Waals surface area contributed by atoms with Gasteiger partial charge in [0.05, 0.1) is 25.7 Å². The first-order chi connectivity index (χ1) is 9.99. The van der Waals surface area contributed by atoms with Gasteiger partial charge in [0.1, 0.15) is 0 Å². The molecule has 0 rings (SSSR count). The van der Waals surface area contributed by atoms with E-state index in [4.69, 9.17) is 12.8 Å². The highest BCUT2D eigenvalue weighted by atomic mass is 16.6. The maximum absolute atomic E-state index is 11.2. The fraction of sp³-hybridized carbons (Fsp3) is 0.429. The molecule has 0 fully saturated rings. The molecule has 0 radical (unpaired) electrons. The van der Waals surface area contributed by atoms with Crippen LogP contribution in [-0.4, -0.2) is 37.1 Å². The van der Waals surface area contributed by atoms with E-state index in [0.29, 0.717) is 0 Å². The van der Waals surface area contributed by atoms with E-state index in [1.807, 2.05) is 0 Å². The number of rotatable bonds is 8. The van der Waals surface area contributed by atoms with Gasteiger partial charge < -0.3 is 14.2 Å². The largest absolute Gasteiger partial charge is 0.452 e. The monoisotopic (exact) mass is 294 g/mol. The molecule has 0 heterocycles. The van der Waals surface area contributed by atoms with E-state index in [9.17, 15) is 19.2 Å². The SMILES string of the molecule is C#CCOC(=O)CCC(=O)OC(=O)CCC(=O)OCC#C. The maximum Gasteiger partial charge on any atom is 0.314 e. The molecule has 7 heteroatoms. The number of carbonyl (C=O) groups is 4. The van der Waals surface area contributed by atoms with Crippen LogP contribution in [0.3, 0.4) is 0 Å². The van der Waals surface area contributed by atoms with Gasteiger partial charge >= 0.3 is 23.9 Å². The first kappa shape index (κ1) is 18.2. The molecule has 0 aliphatic heterocycles. The normalized spacial score (nSPS) is 8.86. The number of hydrogen-bond acceptors (Lipinski definition) is 7. The van der Waals surface area contributed by atoms with Crippen molar-refractivity contribution in [2.24, 2.45) is 0 Å². The van der Waals surface area contributed by atoms with Crippen molar-refractivity contribution in [2.75, 3.05) is 13.2 Å². The quantitative estimate of drug-likeness (QED) is 0.268. The second-order valence-corrected chi connectivity index (χ2v) is 3.58. The van der Waals surface area contributed by atoms with Gasteiger partial charge in [-0.25, -0.2) is 0 Å². The lowest BCUT2D eigenvalue weighted by atomic mass is 10.3. The van der Waals surface area contributed by atoms with E-state index >= 15 is 0 Å². The summed E-state index contributed by atoms with van der Waals surface area (Å²) in [5.41, 5.74) is 0. The molecule has 0 aromatic carbocycles. The summed E-state index contributed by atoms with van der Waals surface area (Å²) >= 11 is 0. The van der Waals surface area contributed by atoms with Crippen LogP contribution in [0.25, 0.3) is 0 Å². The number of terminal acetylenes is 2. The summed E-state index contributed by atoms with van der Waals surface area (Å²) in [7, 11) is 0. The molecule has 0 aromatic heterocycles. The Morgan fingerprint density at radius 1 is 0.667 bits per heavy atom. The van der Waals surface area contributed by atoms with Gasteiger partial charge in [0, 0.05) is 0 Å². The first-order valence-corrected chi connectivity index (χ1v) is 5.91. The number of ether oxygens (including phenoxy) is 3. The molecule has 0 aromatic rings. The van der Waals surface area contributed by atoms with Crippen LogP contribution < -0.4 is 0 Å². The summed E-state index contributed by atoms with van der Waals surface area (Å²) in [5.74, 6) is 1.05. The Morgan fingerprint density at radius 3 is 1.33 bits per heavy atom. The van der Waals surface area contributed by atoms with Gasteiger partial charge in [0.15, 0.2) is 13.2 Å². The minimum Gasteiger partial charge on any atom is -0.452 e. The summed E-state index contributed by atoms with van der Waals surface area (Å²) in [5, 5.41) is 0. The third-order valence-electron chi connectivity index (χ3n) is 1.93. The Labute approximate surface area is 121 Å². The zero-order valence-corrected chi connectivity index (χ0v) is 11.3. The van der Waals surface area contributed by atoms with Gasteiger partial charge in [-0.2, -0.15) is 0 Å². The van der Waals surface area contributed by atoms with Crippen molar-refractivity contribution in [3.63, 3.8) is 0 Å². The second kappa shape index (κ2) is 11.1. The molecule has 0 saturated carbocycles. The molecule has 0 atom stereocenters. The maximum atomic E-state index is 11.2. The van der Waals surface area contributed by atoms with Crippen LogP contribution in [0.2, 0.25) is 0 Å². The Balaban J connectivity index is 3.82. The van der Waals surface area contributed by atoms with E-state index in [2.05, 4.69) is 26.1 Å². The van der Waals surface area contributed by atoms with Crippen molar-refractivity contribution in [3.05, 3.63) is 0 Å². The molecular formula is C14H14O7. The molecule has 0 unspecified atom stereocenters. The molecule has 112 valence electrons. The fourth-order valence-electron chi connectivity index (χ4n) is 1.03. The zero-order valence-electron chi connectivity index (χ0n) is 11.3. The third-order valence-corrected chi connectivity index (χ3v) is 1.93.